The zero-order chi connectivity index (χ0) is 18.2. The summed E-state index contributed by atoms with van der Waals surface area (Å²) < 4.78 is 10.4. The normalized spacial score (nSPS) is 12.0. The van der Waals surface area contributed by atoms with Gasteiger partial charge in [-0.1, -0.05) is 35.5 Å². The molecule has 0 spiro atoms. The molecule has 2 aromatic heterocycles. The van der Waals surface area contributed by atoms with Gasteiger partial charge in [0.25, 0.3) is 0 Å². The van der Waals surface area contributed by atoms with Crippen LogP contribution >= 0.6 is 0 Å². The first-order valence-corrected chi connectivity index (χ1v) is 8.55. The second-order valence-corrected chi connectivity index (χ2v) is 5.98. The van der Waals surface area contributed by atoms with E-state index in [-0.39, 0.29) is 18.6 Å². The molecule has 1 atom stereocenters. The van der Waals surface area contributed by atoms with Crippen LogP contribution in [0.15, 0.2) is 57.7 Å². The molecule has 26 heavy (non-hydrogen) atoms. The van der Waals surface area contributed by atoms with Crippen molar-refractivity contribution in [3.8, 4) is 11.6 Å². The quantitative estimate of drug-likeness (QED) is 0.611. The first-order valence-electron chi connectivity index (χ1n) is 8.55. The average Bonchev–Trinajstić information content (AvgIpc) is 3.33. The van der Waals surface area contributed by atoms with Gasteiger partial charge in [-0.3, -0.25) is 4.79 Å². The number of aromatic nitrogens is 2. The molecule has 1 amide bonds. The third kappa shape index (κ3) is 5.03. The molecular weight excluding hydrogens is 334 g/mol. The molecule has 136 valence electrons. The first kappa shape index (κ1) is 17.9. The van der Waals surface area contributed by atoms with Gasteiger partial charge in [0, 0.05) is 12.8 Å². The summed E-state index contributed by atoms with van der Waals surface area (Å²) >= 11 is 0. The highest BCUT2D eigenvalue weighted by atomic mass is 16.5. The zero-order valence-corrected chi connectivity index (χ0v) is 14.3. The van der Waals surface area contributed by atoms with Crippen molar-refractivity contribution < 1.29 is 18.8 Å². The molecule has 1 aromatic carbocycles. The lowest BCUT2D eigenvalue weighted by molar-refractivity contribution is -0.122. The maximum Gasteiger partial charge on any atom is 0.238 e. The Bertz CT molecular complexity index is 799. The van der Waals surface area contributed by atoms with Gasteiger partial charge >= 0.3 is 0 Å². The fourth-order valence-corrected chi connectivity index (χ4v) is 2.62. The third-order valence-corrected chi connectivity index (χ3v) is 3.91. The van der Waals surface area contributed by atoms with Crippen LogP contribution in [0.2, 0.25) is 0 Å². The summed E-state index contributed by atoms with van der Waals surface area (Å²) in [7, 11) is 0. The molecule has 0 fully saturated rings. The predicted molar refractivity (Wildman–Crippen MR) is 94.1 cm³/mol. The number of aliphatic hydroxyl groups excluding tert-OH is 1. The van der Waals surface area contributed by atoms with Crippen LogP contribution in [0.4, 0.5) is 0 Å². The van der Waals surface area contributed by atoms with Crippen molar-refractivity contribution in [1.82, 2.24) is 15.5 Å². The average molecular weight is 355 g/mol. The first-order chi connectivity index (χ1) is 12.7. The molecule has 0 saturated carbocycles. The number of carbonyl (C=O) groups is 1. The van der Waals surface area contributed by atoms with Gasteiger partial charge in [0.05, 0.1) is 18.9 Å². The van der Waals surface area contributed by atoms with E-state index in [1.54, 1.807) is 18.4 Å². The van der Waals surface area contributed by atoms with E-state index >= 15 is 0 Å². The molecule has 7 nitrogen and oxygen atoms in total. The van der Waals surface area contributed by atoms with Crippen molar-refractivity contribution in [3.05, 3.63) is 60.2 Å². The lowest BCUT2D eigenvalue weighted by Crippen LogP contribution is -2.39. The summed E-state index contributed by atoms with van der Waals surface area (Å²) in [4.78, 5) is 16.3. The molecule has 2 N–H and O–H groups in total. The van der Waals surface area contributed by atoms with Gasteiger partial charge in [-0.25, -0.2) is 0 Å². The van der Waals surface area contributed by atoms with Gasteiger partial charge in [-0.15, -0.1) is 0 Å². The number of nitrogens with zero attached hydrogens (tertiary/aromatic N) is 2. The van der Waals surface area contributed by atoms with Crippen molar-refractivity contribution in [3.63, 3.8) is 0 Å². The predicted octanol–water partition coefficient (Wildman–Crippen LogP) is 2.37. The SMILES string of the molecule is O=C(CCCc1nc(-c2ccco2)no1)NC(CO)Cc1ccccc1. The van der Waals surface area contributed by atoms with Crippen molar-refractivity contribution in [1.29, 1.82) is 0 Å². The van der Waals surface area contributed by atoms with Gasteiger partial charge in [0.1, 0.15) is 0 Å². The molecule has 2 heterocycles. The number of aliphatic hydroxyl groups is 1. The molecular formula is C19H21N3O4. The van der Waals surface area contributed by atoms with E-state index in [1.165, 1.54) is 0 Å². The van der Waals surface area contributed by atoms with Crippen LogP contribution in [0, 0.1) is 0 Å². The number of nitrogens with one attached hydrogen (secondary N) is 1. The zero-order valence-electron chi connectivity index (χ0n) is 14.3. The lowest BCUT2D eigenvalue weighted by atomic mass is 10.1. The van der Waals surface area contributed by atoms with E-state index in [0.29, 0.717) is 43.2 Å². The third-order valence-electron chi connectivity index (χ3n) is 3.91. The number of carbonyl (C=O) groups excluding carboxylic acids is 1. The van der Waals surface area contributed by atoms with E-state index in [4.69, 9.17) is 8.94 Å². The minimum Gasteiger partial charge on any atom is -0.461 e. The van der Waals surface area contributed by atoms with Crippen LogP contribution in [0.3, 0.4) is 0 Å². The maximum atomic E-state index is 12.1. The Kier molecular flexibility index (Phi) is 6.16. The minimum atomic E-state index is -0.293. The fourth-order valence-electron chi connectivity index (χ4n) is 2.62. The maximum absolute atomic E-state index is 12.1. The summed E-state index contributed by atoms with van der Waals surface area (Å²) in [5.74, 6) is 1.31. The number of amides is 1. The standard InChI is InChI=1S/C19H21N3O4/c23-13-15(12-14-6-2-1-3-7-14)20-17(24)9-4-10-18-21-19(22-26-18)16-8-5-11-25-16/h1-3,5-8,11,15,23H,4,9-10,12-13H2,(H,20,24). The molecule has 0 aliphatic carbocycles. The van der Waals surface area contributed by atoms with Gasteiger partial charge in [0.15, 0.2) is 5.76 Å². The van der Waals surface area contributed by atoms with Crippen LogP contribution in [0.25, 0.3) is 11.6 Å². The van der Waals surface area contributed by atoms with Gasteiger partial charge in [-0.2, -0.15) is 4.98 Å². The van der Waals surface area contributed by atoms with Gasteiger partial charge < -0.3 is 19.4 Å². The summed E-state index contributed by atoms with van der Waals surface area (Å²) in [6, 6.07) is 13.0. The number of hydrogen-bond donors (Lipinski definition) is 2. The highest BCUT2D eigenvalue weighted by Gasteiger charge is 2.14. The van der Waals surface area contributed by atoms with E-state index in [1.807, 2.05) is 30.3 Å². The molecule has 0 saturated heterocycles. The van der Waals surface area contributed by atoms with Gasteiger partial charge in [-0.05, 0) is 30.5 Å². The smallest absolute Gasteiger partial charge is 0.238 e. The highest BCUT2D eigenvalue weighted by Crippen LogP contribution is 2.16. The topological polar surface area (TPSA) is 101 Å². The monoisotopic (exact) mass is 355 g/mol. The second-order valence-electron chi connectivity index (χ2n) is 5.98. The van der Waals surface area contributed by atoms with Crippen molar-refractivity contribution in [2.24, 2.45) is 0 Å². The Morgan fingerprint density at radius 3 is 2.77 bits per heavy atom. The Morgan fingerprint density at radius 2 is 2.04 bits per heavy atom. The number of aryl methyl sites for hydroxylation is 1. The molecule has 0 bridgehead atoms. The molecule has 0 radical (unpaired) electrons. The molecule has 0 aliphatic heterocycles. The molecule has 7 heteroatoms. The molecule has 3 rings (SSSR count). The second kappa shape index (κ2) is 8.96. The van der Waals surface area contributed by atoms with E-state index in [0.717, 1.165) is 5.56 Å². The lowest BCUT2D eigenvalue weighted by Gasteiger charge is -2.16. The van der Waals surface area contributed by atoms with Crippen molar-refractivity contribution in [2.75, 3.05) is 6.61 Å². The summed E-state index contributed by atoms with van der Waals surface area (Å²) in [5.41, 5.74) is 1.07. The Morgan fingerprint density at radius 1 is 1.19 bits per heavy atom. The summed E-state index contributed by atoms with van der Waals surface area (Å²) in [6.45, 7) is -0.100. The van der Waals surface area contributed by atoms with E-state index < -0.39 is 0 Å². The van der Waals surface area contributed by atoms with Crippen LogP contribution in [0.1, 0.15) is 24.3 Å². The van der Waals surface area contributed by atoms with Crippen molar-refractivity contribution in [2.45, 2.75) is 31.7 Å². The number of hydrogen-bond acceptors (Lipinski definition) is 6. The molecule has 3 aromatic rings. The van der Waals surface area contributed by atoms with E-state index in [2.05, 4.69) is 15.5 Å². The van der Waals surface area contributed by atoms with Crippen LogP contribution in [0.5, 0.6) is 0 Å². The number of rotatable bonds is 9. The Hall–Kier alpha value is -2.93. The molecule has 1 unspecified atom stereocenters. The molecule has 0 aliphatic rings. The van der Waals surface area contributed by atoms with Crippen LogP contribution in [-0.2, 0) is 17.6 Å². The Labute approximate surface area is 151 Å². The van der Waals surface area contributed by atoms with Crippen molar-refractivity contribution >= 4 is 5.91 Å². The Balaban J connectivity index is 1.42. The van der Waals surface area contributed by atoms with Crippen LogP contribution in [-0.4, -0.2) is 33.8 Å². The number of benzene rings is 1. The highest BCUT2D eigenvalue weighted by molar-refractivity contribution is 5.76. The van der Waals surface area contributed by atoms with E-state index in [9.17, 15) is 9.90 Å². The minimum absolute atomic E-state index is 0.100. The largest absolute Gasteiger partial charge is 0.461 e. The fraction of sp³-hybridized carbons (Fsp3) is 0.316. The van der Waals surface area contributed by atoms with Crippen LogP contribution < -0.4 is 5.32 Å². The summed E-state index contributed by atoms with van der Waals surface area (Å²) in [6.07, 6.45) is 3.55. The summed E-state index contributed by atoms with van der Waals surface area (Å²) in [5, 5.41) is 16.2. The number of furan rings is 1. The van der Waals surface area contributed by atoms with Gasteiger partial charge in [0.2, 0.25) is 17.6 Å².